The van der Waals surface area contributed by atoms with Gasteiger partial charge in [-0.1, -0.05) is 13.8 Å². The predicted octanol–water partition coefficient (Wildman–Crippen LogP) is 0.576. The van der Waals surface area contributed by atoms with E-state index in [2.05, 4.69) is 4.99 Å². The van der Waals surface area contributed by atoms with Gasteiger partial charge in [0.15, 0.2) is 0 Å². The van der Waals surface area contributed by atoms with Crippen molar-refractivity contribution in [3.63, 3.8) is 0 Å². The van der Waals surface area contributed by atoms with E-state index in [1.54, 1.807) is 4.90 Å². The zero-order chi connectivity index (χ0) is 11.4. The van der Waals surface area contributed by atoms with E-state index in [0.717, 1.165) is 0 Å². The van der Waals surface area contributed by atoms with Gasteiger partial charge in [0.2, 0.25) is 0 Å². The maximum absolute atomic E-state index is 11.6. The van der Waals surface area contributed by atoms with E-state index in [-0.39, 0.29) is 18.1 Å². The van der Waals surface area contributed by atoms with Crippen LogP contribution in [0.15, 0.2) is 4.99 Å². The number of aliphatic hydroxyl groups is 1. The topological polar surface area (TPSA) is 78.9 Å². The normalized spacial score (nSPS) is 19.7. The van der Waals surface area contributed by atoms with Crippen LogP contribution in [0.2, 0.25) is 0 Å². The SMILES string of the molecule is CC(C)/C(N)=N/C(=O)N1CCC(O)CC1. The molecular weight excluding hydrogens is 194 g/mol. The summed E-state index contributed by atoms with van der Waals surface area (Å²) < 4.78 is 0. The van der Waals surface area contributed by atoms with Crippen LogP contribution in [0.4, 0.5) is 4.79 Å². The molecule has 0 aromatic carbocycles. The average molecular weight is 213 g/mol. The number of amides is 2. The lowest BCUT2D eigenvalue weighted by molar-refractivity contribution is 0.0962. The number of likely N-dealkylation sites (tertiary alicyclic amines) is 1. The fraction of sp³-hybridized carbons (Fsp3) is 0.800. The number of aliphatic imine (C=N–C) groups is 1. The Bertz CT molecular complexity index is 255. The van der Waals surface area contributed by atoms with Gasteiger partial charge in [0, 0.05) is 19.0 Å². The third kappa shape index (κ3) is 3.51. The molecule has 0 unspecified atom stereocenters. The van der Waals surface area contributed by atoms with E-state index in [4.69, 9.17) is 5.73 Å². The third-order valence-corrected chi connectivity index (χ3v) is 2.55. The first-order chi connectivity index (χ1) is 7.00. The van der Waals surface area contributed by atoms with Crippen molar-refractivity contribution < 1.29 is 9.90 Å². The molecule has 3 N–H and O–H groups in total. The highest BCUT2D eigenvalue weighted by Crippen LogP contribution is 2.11. The van der Waals surface area contributed by atoms with Crippen molar-refractivity contribution in [2.45, 2.75) is 32.8 Å². The quantitative estimate of drug-likeness (QED) is 0.494. The van der Waals surface area contributed by atoms with Crippen molar-refractivity contribution in [2.24, 2.45) is 16.6 Å². The molecule has 0 radical (unpaired) electrons. The minimum Gasteiger partial charge on any atom is -0.393 e. The second kappa shape index (κ2) is 5.11. The highest BCUT2D eigenvalue weighted by molar-refractivity contribution is 5.93. The Kier molecular flexibility index (Phi) is 4.08. The van der Waals surface area contributed by atoms with Crippen LogP contribution in [0.3, 0.4) is 0 Å². The van der Waals surface area contributed by atoms with Gasteiger partial charge in [-0.15, -0.1) is 0 Å². The number of carbonyl (C=O) groups excluding carboxylic acids is 1. The van der Waals surface area contributed by atoms with Gasteiger partial charge in [-0.05, 0) is 12.8 Å². The number of rotatable bonds is 1. The first kappa shape index (κ1) is 12.0. The van der Waals surface area contributed by atoms with Crippen LogP contribution < -0.4 is 5.73 Å². The molecule has 1 saturated heterocycles. The summed E-state index contributed by atoms with van der Waals surface area (Å²) in [5.41, 5.74) is 5.60. The summed E-state index contributed by atoms with van der Waals surface area (Å²) in [4.78, 5) is 17.0. The van der Waals surface area contributed by atoms with E-state index in [9.17, 15) is 9.90 Å². The number of urea groups is 1. The molecule has 0 bridgehead atoms. The minimum atomic E-state index is -0.284. The van der Waals surface area contributed by atoms with Crippen molar-refractivity contribution in [3.05, 3.63) is 0 Å². The fourth-order valence-electron chi connectivity index (χ4n) is 1.37. The average Bonchev–Trinajstić information content (AvgIpc) is 2.18. The van der Waals surface area contributed by atoms with Crippen LogP contribution >= 0.6 is 0 Å². The van der Waals surface area contributed by atoms with Crippen molar-refractivity contribution >= 4 is 11.9 Å². The van der Waals surface area contributed by atoms with Gasteiger partial charge in [0.1, 0.15) is 5.84 Å². The zero-order valence-electron chi connectivity index (χ0n) is 9.31. The number of aliphatic hydroxyl groups excluding tert-OH is 1. The van der Waals surface area contributed by atoms with E-state index >= 15 is 0 Å². The van der Waals surface area contributed by atoms with Crippen LogP contribution in [0.1, 0.15) is 26.7 Å². The van der Waals surface area contributed by atoms with Crippen molar-refractivity contribution in [1.82, 2.24) is 4.90 Å². The third-order valence-electron chi connectivity index (χ3n) is 2.55. The summed E-state index contributed by atoms with van der Waals surface area (Å²) in [5, 5.41) is 9.28. The molecule has 5 nitrogen and oxygen atoms in total. The van der Waals surface area contributed by atoms with Crippen molar-refractivity contribution in [1.29, 1.82) is 0 Å². The lowest BCUT2D eigenvalue weighted by Gasteiger charge is -2.28. The summed E-state index contributed by atoms with van der Waals surface area (Å²) in [6, 6.07) is -0.284. The zero-order valence-corrected chi connectivity index (χ0v) is 9.31. The van der Waals surface area contributed by atoms with E-state index in [0.29, 0.717) is 31.8 Å². The van der Waals surface area contributed by atoms with Crippen LogP contribution in [0.25, 0.3) is 0 Å². The molecule has 1 rings (SSSR count). The number of nitrogens with zero attached hydrogens (tertiary/aromatic N) is 2. The van der Waals surface area contributed by atoms with Gasteiger partial charge in [0.05, 0.1) is 6.10 Å². The molecular formula is C10H19N3O2. The predicted molar refractivity (Wildman–Crippen MR) is 58.7 cm³/mol. The lowest BCUT2D eigenvalue weighted by Crippen LogP contribution is -2.39. The second-order valence-corrected chi connectivity index (χ2v) is 4.19. The molecule has 0 saturated carbocycles. The number of hydrogen-bond donors (Lipinski definition) is 2. The highest BCUT2D eigenvalue weighted by Gasteiger charge is 2.21. The first-order valence-corrected chi connectivity index (χ1v) is 5.31. The van der Waals surface area contributed by atoms with Gasteiger partial charge < -0.3 is 15.7 Å². The second-order valence-electron chi connectivity index (χ2n) is 4.19. The van der Waals surface area contributed by atoms with Crippen LogP contribution in [0, 0.1) is 5.92 Å². The standard InChI is InChI=1S/C10H19N3O2/c1-7(2)9(11)12-10(15)13-5-3-8(14)4-6-13/h7-8,14H,3-6H2,1-2H3,(H2,11,12,15). The molecule has 1 heterocycles. The lowest BCUT2D eigenvalue weighted by atomic mass is 10.1. The largest absolute Gasteiger partial charge is 0.393 e. The number of hydrogen-bond acceptors (Lipinski definition) is 2. The smallest absolute Gasteiger partial charge is 0.345 e. The van der Waals surface area contributed by atoms with E-state index in [1.165, 1.54) is 0 Å². The van der Waals surface area contributed by atoms with Crippen molar-refractivity contribution in [2.75, 3.05) is 13.1 Å². The van der Waals surface area contributed by atoms with Crippen molar-refractivity contribution in [3.8, 4) is 0 Å². The van der Waals surface area contributed by atoms with Crippen LogP contribution in [0.5, 0.6) is 0 Å². The maximum Gasteiger partial charge on any atom is 0.345 e. The van der Waals surface area contributed by atoms with Crippen LogP contribution in [-0.2, 0) is 0 Å². The Balaban J connectivity index is 2.51. The van der Waals surface area contributed by atoms with Gasteiger partial charge in [-0.2, -0.15) is 4.99 Å². The Morgan fingerprint density at radius 2 is 2.00 bits per heavy atom. The summed E-state index contributed by atoms with van der Waals surface area (Å²) in [6.45, 7) is 4.92. The molecule has 0 atom stereocenters. The molecule has 1 aliphatic heterocycles. The molecule has 1 aliphatic rings. The number of nitrogens with two attached hydrogens (primary N) is 1. The molecule has 2 amide bonds. The number of piperidine rings is 1. The summed E-state index contributed by atoms with van der Waals surface area (Å²) in [6.07, 6.45) is 0.978. The fourth-order valence-corrected chi connectivity index (χ4v) is 1.37. The number of amidine groups is 1. The molecule has 15 heavy (non-hydrogen) atoms. The summed E-state index contributed by atoms with van der Waals surface area (Å²) >= 11 is 0. The van der Waals surface area contributed by atoms with Crippen LogP contribution in [-0.4, -0.2) is 41.1 Å². The first-order valence-electron chi connectivity index (χ1n) is 5.31. The Labute approximate surface area is 90.0 Å². The monoisotopic (exact) mass is 213 g/mol. The van der Waals surface area contributed by atoms with Gasteiger partial charge >= 0.3 is 6.03 Å². The molecule has 0 aliphatic carbocycles. The van der Waals surface area contributed by atoms with E-state index < -0.39 is 0 Å². The molecule has 1 fully saturated rings. The molecule has 0 aromatic rings. The Morgan fingerprint density at radius 3 is 2.47 bits per heavy atom. The van der Waals surface area contributed by atoms with Gasteiger partial charge in [-0.3, -0.25) is 0 Å². The molecule has 86 valence electrons. The molecule has 0 aromatic heterocycles. The molecule has 0 spiro atoms. The highest BCUT2D eigenvalue weighted by atomic mass is 16.3. The number of carbonyl (C=O) groups is 1. The maximum atomic E-state index is 11.6. The Morgan fingerprint density at radius 1 is 1.47 bits per heavy atom. The summed E-state index contributed by atoms with van der Waals surface area (Å²) in [7, 11) is 0. The van der Waals surface area contributed by atoms with Gasteiger partial charge in [0.25, 0.3) is 0 Å². The minimum absolute atomic E-state index is 0.0873. The van der Waals surface area contributed by atoms with E-state index in [1.807, 2.05) is 13.8 Å². The summed E-state index contributed by atoms with van der Waals surface area (Å²) in [5.74, 6) is 0.454. The van der Waals surface area contributed by atoms with Gasteiger partial charge in [-0.25, -0.2) is 4.79 Å². The Hall–Kier alpha value is -1.10. The molecule has 5 heteroatoms.